The Hall–Kier alpha value is -1.91. The zero-order valence-electron chi connectivity index (χ0n) is 11.9. The van der Waals surface area contributed by atoms with Crippen LogP contribution in [0.5, 0.6) is 0 Å². The van der Waals surface area contributed by atoms with Gasteiger partial charge in [0.05, 0.1) is 0 Å². The highest BCUT2D eigenvalue weighted by molar-refractivity contribution is 5.98. The number of aryl methyl sites for hydroxylation is 2. The maximum atomic E-state index is 13.6. The van der Waals surface area contributed by atoms with E-state index in [-0.39, 0.29) is 11.7 Å². The van der Waals surface area contributed by atoms with Crippen LogP contribution in [-0.4, -0.2) is 34.0 Å². The van der Waals surface area contributed by atoms with Gasteiger partial charge in [0, 0.05) is 12.1 Å². The second-order valence-electron chi connectivity index (χ2n) is 5.56. The molecule has 2 rings (SSSR count). The van der Waals surface area contributed by atoms with Crippen molar-refractivity contribution in [1.82, 2.24) is 4.90 Å². The summed E-state index contributed by atoms with van der Waals surface area (Å²) in [7, 11) is 0. The summed E-state index contributed by atoms with van der Waals surface area (Å²) < 4.78 is 13.6. The van der Waals surface area contributed by atoms with Crippen LogP contribution in [0.2, 0.25) is 0 Å². The van der Waals surface area contributed by atoms with E-state index in [1.165, 1.54) is 17.0 Å². The van der Waals surface area contributed by atoms with Gasteiger partial charge in [-0.25, -0.2) is 9.18 Å². The summed E-state index contributed by atoms with van der Waals surface area (Å²) in [5.74, 6) is -1.68. The molecule has 1 aromatic rings. The molecule has 20 heavy (non-hydrogen) atoms. The van der Waals surface area contributed by atoms with Crippen molar-refractivity contribution in [3.63, 3.8) is 0 Å². The van der Waals surface area contributed by atoms with Gasteiger partial charge in [-0.1, -0.05) is 0 Å². The third-order valence-electron chi connectivity index (χ3n) is 4.03. The van der Waals surface area contributed by atoms with Gasteiger partial charge in [0.25, 0.3) is 5.91 Å². The van der Waals surface area contributed by atoms with Crippen molar-refractivity contribution in [3.8, 4) is 0 Å². The van der Waals surface area contributed by atoms with Crippen LogP contribution in [0, 0.1) is 19.7 Å². The van der Waals surface area contributed by atoms with Crippen molar-refractivity contribution in [3.05, 3.63) is 34.6 Å². The summed E-state index contributed by atoms with van der Waals surface area (Å²) in [5.41, 5.74) is -0.0438. The monoisotopic (exact) mass is 279 g/mol. The number of amides is 1. The third kappa shape index (κ3) is 2.17. The average molecular weight is 279 g/mol. The Labute approximate surface area is 117 Å². The average Bonchev–Trinajstić information content (AvgIpc) is 2.78. The molecule has 1 N–H and O–H groups in total. The lowest BCUT2D eigenvalue weighted by molar-refractivity contribution is -0.147. The zero-order chi connectivity index (χ0) is 15.1. The van der Waals surface area contributed by atoms with Crippen LogP contribution in [0.4, 0.5) is 4.39 Å². The molecule has 1 unspecified atom stereocenters. The summed E-state index contributed by atoms with van der Waals surface area (Å²) in [6.07, 6.45) is 1.10. The first-order chi connectivity index (χ1) is 9.27. The molecule has 0 radical (unpaired) electrons. The first-order valence-electron chi connectivity index (χ1n) is 6.59. The molecule has 1 aliphatic rings. The number of carbonyl (C=O) groups excluding carboxylic acids is 1. The summed E-state index contributed by atoms with van der Waals surface area (Å²) in [5, 5.41) is 9.34. The van der Waals surface area contributed by atoms with Gasteiger partial charge in [0.2, 0.25) is 0 Å². The second-order valence-corrected chi connectivity index (χ2v) is 5.56. The summed E-state index contributed by atoms with van der Waals surface area (Å²) in [4.78, 5) is 25.3. The Balaban J connectivity index is 2.39. The van der Waals surface area contributed by atoms with E-state index >= 15 is 0 Å². The number of carboxylic acids is 1. The van der Waals surface area contributed by atoms with Crippen LogP contribution < -0.4 is 0 Å². The lowest BCUT2D eigenvalue weighted by atomic mass is 9.98. The van der Waals surface area contributed by atoms with Crippen molar-refractivity contribution in [2.45, 2.75) is 39.2 Å². The van der Waals surface area contributed by atoms with E-state index < -0.39 is 11.5 Å². The number of rotatable bonds is 2. The fourth-order valence-electron chi connectivity index (χ4n) is 2.74. The van der Waals surface area contributed by atoms with Crippen LogP contribution in [0.1, 0.15) is 41.3 Å². The quantitative estimate of drug-likeness (QED) is 0.905. The zero-order valence-corrected chi connectivity index (χ0v) is 11.9. The van der Waals surface area contributed by atoms with Crippen LogP contribution in [-0.2, 0) is 4.79 Å². The van der Waals surface area contributed by atoms with E-state index in [4.69, 9.17) is 0 Å². The number of halogens is 1. The van der Waals surface area contributed by atoms with E-state index in [9.17, 15) is 19.1 Å². The minimum absolute atomic E-state index is 0.330. The van der Waals surface area contributed by atoms with E-state index in [1.807, 2.05) is 0 Å². The third-order valence-corrected chi connectivity index (χ3v) is 4.03. The summed E-state index contributed by atoms with van der Waals surface area (Å²) in [6, 6.07) is 2.95. The molecule has 1 atom stereocenters. The Morgan fingerprint density at radius 3 is 2.35 bits per heavy atom. The highest BCUT2D eigenvalue weighted by Gasteiger charge is 2.46. The number of hydrogen-bond acceptors (Lipinski definition) is 2. The molecule has 0 aromatic heterocycles. The Kier molecular flexibility index (Phi) is 3.54. The Morgan fingerprint density at radius 2 is 1.85 bits per heavy atom. The molecule has 1 amide bonds. The smallest absolute Gasteiger partial charge is 0.329 e. The topological polar surface area (TPSA) is 57.6 Å². The molecule has 0 bridgehead atoms. The van der Waals surface area contributed by atoms with Gasteiger partial charge in [-0.3, -0.25) is 4.79 Å². The molecule has 0 aliphatic carbocycles. The van der Waals surface area contributed by atoms with Gasteiger partial charge in [0.1, 0.15) is 11.4 Å². The lowest BCUT2D eigenvalue weighted by Gasteiger charge is -2.31. The number of benzene rings is 1. The van der Waals surface area contributed by atoms with Gasteiger partial charge in [-0.2, -0.15) is 0 Å². The first-order valence-corrected chi connectivity index (χ1v) is 6.59. The van der Waals surface area contributed by atoms with Crippen LogP contribution >= 0.6 is 0 Å². The molecule has 1 fully saturated rings. The van der Waals surface area contributed by atoms with Crippen LogP contribution in [0.3, 0.4) is 0 Å². The van der Waals surface area contributed by atoms with Crippen molar-refractivity contribution in [2.75, 3.05) is 6.54 Å². The first kappa shape index (κ1) is 14.5. The fraction of sp³-hybridized carbons (Fsp3) is 0.467. The molecule has 1 heterocycles. The predicted molar refractivity (Wildman–Crippen MR) is 72.2 cm³/mol. The molecule has 108 valence electrons. The molecule has 1 aromatic carbocycles. The van der Waals surface area contributed by atoms with E-state index in [1.54, 1.807) is 20.8 Å². The van der Waals surface area contributed by atoms with Gasteiger partial charge >= 0.3 is 5.97 Å². The minimum atomic E-state index is -1.17. The SMILES string of the molecule is Cc1cc(C(=O)N2CCCC2(C)C(=O)O)cc(C)c1F. The molecule has 1 aliphatic heterocycles. The molecule has 4 nitrogen and oxygen atoms in total. The number of carboxylic acid groups (broad SMARTS) is 1. The van der Waals surface area contributed by atoms with Gasteiger partial charge < -0.3 is 10.0 Å². The van der Waals surface area contributed by atoms with Crippen molar-refractivity contribution < 1.29 is 19.1 Å². The highest BCUT2D eigenvalue weighted by atomic mass is 19.1. The van der Waals surface area contributed by atoms with Gasteiger partial charge in [-0.15, -0.1) is 0 Å². The number of likely N-dealkylation sites (tertiary alicyclic amines) is 1. The van der Waals surface area contributed by atoms with Crippen molar-refractivity contribution >= 4 is 11.9 Å². The van der Waals surface area contributed by atoms with Crippen LogP contribution in [0.15, 0.2) is 12.1 Å². The Morgan fingerprint density at radius 1 is 1.30 bits per heavy atom. The number of nitrogens with zero attached hydrogens (tertiary/aromatic N) is 1. The standard InChI is InChI=1S/C15H18FNO3/c1-9-7-11(8-10(2)12(9)16)13(18)17-6-4-5-15(17,3)14(19)20/h7-8H,4-6H2,1-3H3,(H,19,20). The minimum Gasteiger partial charge on any atom is -0.480 e. The molecule has 5 heteroatoms. The normalized spacial score (nSPS) is 22.1. The molecular formula is C15H18FNO3. The summed E-state index contributed by atoms with van der Waals surface area (Å²) >= 11 is 0. The van der Waals surface area contributed by atoms with Gasteiger partial charge in [0.15, 0.2) is 0 Å². The second kappa shape index (κ2) is 4.89. The highest BCUT2D eigenvalue weighted by Crippen LogP contribution is 2.31. The maximum Gasteiger partial charge on any atom is 0.329 e. The van der Waals surface area contributed by atoms with E-state index in [0.717, 1.165) is 0 Å². The lowest BCUT2D eigenvalue weighted by Crippen LogP contribution is -2.50. The molecule has 1 saturated heterocycles. The molecule has 0 spiro atoms. The van der Waals surface area contributed by atoms with Crippen LogP contribution in [0.25, 0.3) is 0 Å². The predicted octanol–water partition coefficient (Wildman–Crippen LogP) is 2.52. The maximum absolute atomic E-state index is 13.6. The summed E-state index contributed by atoms with van der Waals surface area (Å²) in [6.45, 7) is 5.17. The van der Waals surface area contributed by atoms with E-state index in [0.29, 0.717) is 36.1 Å². The number of aliphatic carboxylic acids is 1. The fourth-order valence-corrected chi connectivity index (χ4v) is 2.74. The Bertz CT molecular complexity index is 561. The largest absolute Gasteiger partial charge is 0.480 e. The number of hydrogen-bond donors (Lipinski definition) is 1. The molecular weight excluding hydrogens is 261 g/mol. The molecule has 0 saturated carbocycles. The van der Waals surface area contributed by atoms with Crippen molar-refractivity contribution in [2.24, 2.45) is 0 Å². The van der Waals surface area contributed by atoms with E-state index in [2.05, 4.69) is 0 Å². The number of carbonyl (C=O) groups is 2. The van der Waals surface area contributed by atoms with Gasteiger partial charge in [-0.05, 0) is 56.9 Å². The van der Waals surface area contributed by atoms with Crippen molar-refractivity contribution in [1.29, 1.82) is 0 Å².